The van der Waals surface area contributed by atoms with Crippen LogP contribution < -0.4 is 29.6 Å². The van der Waals surface area contributed by atoms with E-state index in [1.807, 2.05) is 6.07 Å². The number of ether oxygens (including phenoxy) is 4. The van der Waals surface area contributed by atoms with Gasteiger partial charge in [0.05, 0.1) is 39.8 Å². The van der Waals surface area contributed by atoms with Crippen LogP contribution in [0, 0.1) is 0 Å². The molecular formula is C24H24N2O6. The summed E-state index contributed by atoms with van der Waals surface area (Å²) in [7, 11) is 5.95. The molecule has 2 N–H and O–H groups in total. The van der Waals surface area contributed by atoms with Crippen molar-refractivity contribution in [3.8, 4) is 23.0 Å². The highest BCUT2D eigenvalue weighted by atomic mass is 16.5. The second kappa shape index (κ2) is 10.2. The molecule has 0 radical (unpaired) electrons. The quantitative estimate of drug-likeness (QED) is 0.549. The Morgan fingerprint density at radius 3 is 1.50 bits per heavy atom. The lowest BCUT2D eigenvalue weighted by molar-refractivity contribution is 0.101. The van der Waals surface area contributed by atoms with E-state index in [4.69, 9.17) is 18.9 Å². The monoisotopic (exact) mass is 436 g/mol. The fraction of sp³-hybridized carbons (Fsp3) is 0.167. The maximum Gasteiger partial charge on any atom is 0.256 e. The average molecular weight is 436 g/mol. The van der Waals surface area contributed by atoms with E-state index >= 15 is 0 Å². The van der Waals surface area contributed by atoms with Crippen molar-refractivity contribution in [3.05, 3.63) is 71.8 Å². The lowest BCUT2D eigenvalue weighted by atomic mass is 10.1. The summed E-state index contributed by atoms with van der Waals surface area (Å²) in [5.74, 6) is 0.969. The molecule has 0 aliphatic heterocycles. The minimum atomic E-state index is -0.399. The van der Waals surface area contributed by atoms with Crippen LogP contribution in [0.15, 0.2) is 60.7 Å². The number of rotatable bonds is 8. The Labute approximate surface area is 186 Å². The Balaban J connectivity index is 1.89. The maximum atomic E-state index is 12.9. The van der Waals surface area contributed by atoms with Crippen molar-refractivity contribution in [2.24, 2.45) is 0 Å². The van der Waals surface area contributed by atoms with Gasteiger partial charge >= 0.3 is 0 Å². The average Bonchev–Trinajstić information content (AvgIpc) is 2.84. The Morgan fingerprint density at radius 2 is 1.06 bits per heavy atom. The van der Waals surface area contributed by atoms with Gasteiger partial charge in [0.15, 0.2) is 0 Å². The van der Waals surface area contributed by atoms with E-state index in [0.29, 0.717) is 45.5 Å². The van der Waals surface area contributed by atoms with Gasteiger partial charge in [-0.2, -0.15) is 0 Å². The van der Waals surface area contributed by atoms with Gasteiger partial charge in [0.1, 0.15) is 23.0 Å². The zero-order valence-corrected chi connectivity index (χ0v) is 18.2. The van der Waals surface area contributed by atoms with Gasteiger partial charge in [0.2, 0.25) is 0 Å². The Bertz CT molecular complexity index is 1090. The van der Waals surface area contributed by atoms with Crippen LogP contribution in [0.1, 0.15) is 20.7 Å². The van der Waals surface area contributed by atoms with E-state index in [-0.39, 0.29) is 5.91 Å². The summed E-state index contributed by atoms with van der Waals surface area (Å²) < 4.78 is 21.3. The van der Waals surface area contributed by atoms with Gasteiger partial charge in [-0.3, -0.25) is 9.59 Å². The molecule has 2 amide bonds. The molecule has 8 nitrogen and oxygen atoms in total. The number of benzene rings is 3. The number of nitrogens with one attached hydrogen (secondary N) is 2. The number of amides is 2. The molecule has 0 spiro atoms. The Hall–Kier alpha value is -4.20. The third-order valence-electron chi connectivity index (χ3n) is 4.67. The van der Waals surface area contributed by atoms with Crippen molar-refractivity contribution in [2.75, 3.05) is 39.1 Å². The third-order valence-corrected chi connectivity index (χ3v) is 4.67. The molecule has 0 atom stereocenters. The van der Waals surface area contributed by atoms with Crippen molar-refractivity contribution in [1.82, 2.24) is 0 Å². The summed E-state index contributed by atoms with van der Waals surface area (Å²) in [6, 6.07) is 16.8. The molecule has 0 aliphatic carbocycles. The standard InChI is InChI=1S/C24H24N2O6/c1-29-17-10-16(11-18(12-17)30-2)24(28)26-20-14-21(31-3)19(13-22(20)32-4)25-23(27)15-8-6-5-7-9-15/h5-14H,1-4H3,(H,25,27)(H,26,28). The van der Waals surface area contributed by atoms with Gasteiger partial charge in [0, 0.05) is 29.3 Å². The van der Waals surface area contributed by atoms with Gasteiger partial charge in [-0.1, -0.05) is 18.2 Å². The maximum absolute atomic E-state index is 12.9. The minimum absolute atomic E-state index is 0.300. The Kier molecular flexibility index (Phi) is 7.17. The van der Waals surface area contributed by atoms with Crippen molar-refractivity contribution in [3.63, 3.8) is 0 Å². The van der Waals surface area contributed by atoms with Crippen LogP contribution in [0.25, 0.3) is 0 Å². The number of carbonyl (C=O) groups is 2. The van der Waals surface area contributed by atoms with Crippen molar-refractivity contribution in [1.29, 1.82) is 0 Å². The first-order valence-corrected chi connectivity index (χ1v) is 9.66. The lowest BCUT2D eigenvalue weighted by Crippen LogP contribution is -2.15. The second-order valence-corrected chi connectivity index (χ2v) is 6.63. The topological polar surface area (TPSA) is 95.1 Å². The van der Waals surface area contributed by atoms with E-state index in [2.05, 4.69) is 10.6 Å². The molecule has 0 saturated carbocycles. The number of methoxy groups -OCH3 is 4. The number of anilines is 2. The summed E-state index contributed by atoms with van der Waals surface area (Å²) in [5.41, 5.74) is 1.61. The first kappa shape index (κ1) is 22.5. The van der Waals surface area contributed by atoms with Crippen molar-refractivity contribution in [2.45, 2.75) is 0 Å². The lowest BCUT2D eigenvalue weighted by Gasteiger charge is -2.16. The molecule has 0 fully saturated rings. The van der Waals surface area contributed by atoms with Gasteiger partial charge in [-0.05, 0) is 24.3 Å². The van der Waals surface area contributed by atoms with E-state index < -0.39 is 5.91 Å². The number of carbonyl (C=O) groups excluding carboxylic acids is 2. The molecule has 3 aromatic rings. The molecular weight excluding hydrogens is 412 g/mol. The van der Waals surface area contributed by atoms with Crippen LogP contribution in [-0.4, -0.2) is 40.3 Å². The van der Waals surface area contributed by atoms with Crippen LogP contribution in [0.5, 0.6) is 23.0 Å². The molecule has 0 unspecified atom stereocenters. The summed E-state index contributed by atoms with van der Waals surface area (Å²) in [6.07, 6.45) is 0. The predicted molar refractivity (Wildman–Crippen MR) is 121 cm³/mol. The molecule has 0 aromatic heterocycles. The van der Waals surface area contributed by atoms with Gasteiger partial charge < -0.3 is 29.6 Å². The smallest absolute Gasteiger partial charge is 0.256 e. The SMILES string of the molecule is COc1cc(OC)cc(C(=O)Nc2cc(OC)c(NC(=O)c3ccccc3)cc2OC)c1. The molecule has 166 valence electrons. The fourth-order valence-corrected chi connectivity index (χ4v) is 3.01. The van der Waals surface area contributed by atoms with Crippen LogP contribution in [0.2, 0.25) is 0 Å². The van der Waals surface area contributed by atoms with Gasteiger partial charge in [-0.15, -0.1) is 0 Å². The predicted octanol–water partition coefficient (Wildman–Crippen LogP) is 4.23. The molecule has 0 aliphatic rings. The minimum Gasteiger partial charge on any atom is -0.497 e. The number of hydrogen-bond donors (Lipinski definition) is 2. The summed E-state index contributed by atoms with van der Waals surface area (Å²) in [4.78, 5) is 25.4. The fourth-order valence-electron chi connectivity index (χ4n) is 3.01. The molecule has 0 saturated heterocycles. The van der Waals surface area contributed by atoms with Crippen LogP contribution >= 0.6 is 0 Å². The van der Waals surface area contributed by atoms with E-state index in [9.17, 15) is 9.59 Å². The van der Waals surface area contributed by atoms with Gasteiger partial charge in [-0.25, -0.2) is 0 Å². The molecule has 32 heavy (non-hydrogen) atoms. The van der Waals surface area contributed by atoms with Crippen molar-refractivity contribution < 1.29 is 28.5 Å². The van der Waals surface area contributed by atoms with Crippen molar-refractivity contribution >= 4 is 23.2 Å². The normalized spacial score (nSPS) is 10.1. The molecule has 3 rings (SSSR count). The molecule has 0 heterocycles. The highest BCUT2D eigenvalue weighted by Gasteiger charge is 2.17. The van der Waals surface area contributed by atoms with E-state index in [1.165, 1.54) is 28.4 Å². The summed E-state index contributed by atoms with van der Waals surface area (Å²) >= 11 is 0. The first-order chi connectivity index (χ1) is 15.5. The summed E-state index contributed by atoms with van der Waals surface area (Å²) in [5, 5.41) is 5.60. The zero-order valence-electron chi connectivity index (χ0n) is 18.2. The summed E-state index contributed by atoms with van der Waals surface area (Å²) in [6.45, 7) is 0. The van der Waals surface area contributed by atoms with Crippen LogP contribution in [0.4, 0.5) is 11.4 Å². The largest absolute Gasteiger partial charge is 0.497 e. The highest BCUT2D eigenvalue weighted by Crippen LogP contribution is 2.37. The Morgan fingerprint density at radius 1 is 0.594 bits per heavy atom. The third kappa shape index (κ3) is 5.10. The first-order valence-electron chi connectivity index (χ1n) is 9.66. The van der Waals surface area contributed by atoms with E-state index in [0.717, 1.165) is 0 Å². The second-order valence-electron chi connectivity index (χ2n) is 6.63. The van der Waals surface area contributed by atoms with Crippen LogP contribution in [0.3, 0.4) is 0 Å². The van der Waals surface area contributed by atoms with E-state index in [1.54, 1.807) is 54.6 Å². The molecule has 0 bridgehead atoms. The van der Waals surface area contributed by atoms with Crippen LogP contribution in [-0.2, 0) is 0 Å². The number of hydrogen-bond acceptors (Lipinski definition) is 6. The molecule has 8 heteroatoms. The molecule has 3 aromatic carbocycles. The highest BCUT2D eigenvalue weighted by molar-refractivity contribution is 6.07. The zero-order chi connectivity index (χ0) is 23.1. The van der Waals surface area contributed by atoms with Gasteiger partial charge in [0.25, 0.3) is 11.8 Å².